The van der Waals surface area contributed by atoms with Gasteiger partial charge in [0, 0.05) is 13.1 Å². The van der Waals surface area contributed by atoms with E-state index in [0.29, 0.717) is 12.2 Å². The molecule has 1 N–H and O–H groups in total. The van der Waals surface area contributed by atoms with Gasteiger partial charge in [-0.25, -0.2) is 9.78 Å². The molecule has 0 amide bonds. The van der Waals surface area contributed by atoms with Crippen molar-refractivity contribution < 1.29 is 9.90 Å². The molecular formula is C11H13N3O2. The van der Waals surface area contributed by atoms with Gasteiger partial charge in [0.15, 0.2) is 5.69 Å². The zero-order valence-electron chi connectivity index (χ0n) is 9.21. The fraction of sp³-hybridized carbons (Fsp3) is 0.364. The maximum Gasteiger partial charge on any atom is 0.354 e. The van der Waals surface area contributed by atoms with Crippen molar-refractivity contribution in [2.24, 2.45) is 0 Å². The first kappa shape index (κ1) is 12.0. The van der Waals surface area contributed by atoms with Crippen LogP contribution in [0, 0.1) is 11.3 Å². The minimum absolute atomic E-state index is 0.00143. The SMILES string of the molecule is CC(CC#N)N(C)c1cccc(C(=O)O)n1. The van der Waals surface area contributed by atoms with E-state index in [4.69, 9.17) is 10.4 Å². The van der Waals surface area contributed by atoms with E-state index in [1.807, 2.05) is 6.92 Å². The minimum atomic E-state index is -1.05. The summed E-state index contributed by atoms with van der Waals surface area (Å²) in [6.45, 7) is 1.89. The quantitative estimate of drug-likeness (QED) is 0.830. The highest BCUT2D eigenvalue weighted by Gasteiger charge is 2.12. The van der Waals surface area contributed by atoms with Crippen LogP contribution in [0.1, 0.15) is 23.8 Å². The topological polar surface area (TPSA) is 77.2 Å². The maximum atomic E-state index is 10.7. The Kier molecular flexibility index (Phi) is 3.84. The Morgan fingerprint density at radius 2 is 2.38 bits per heavy atom. The number of aromatic carboxylic acids is 1. The molecule has 0 aliphatic carbocycles. The molecule has 1 aromatic heterocycles. The second kappa shape index (κ2) is 5.12. The number of anilines is 1. The number of hydrogen-bond acceptors (Lipinski definition) is 4. The highest BCUT2D eigenvalue weighted by Crippen LogP contribution is 2.14. The molecule has 0 fully saturated rings. The van der Waals surface area contributed by atoms with Crippen molar-refractivity contribution in [2.75, 3.05) is 11.9 Å². The Hall–Kier alpha value is -2.09. The van der Waals surface area contributed by atoms with Crippen LogP contribution in [-0.4, -0.2) is 29.1 Å². The summed E-state index contributed by atoms with van der Waals surface area (Å²) in [5.41, 5.74) is 0.00788. The van der Waals surface area contributed by atoms with E-state index >= 15 is 0 Å². The molecule has 1 atom stereocenters. The lowest BCUT2D eigenvalue weighted by Gasteiger charge is -2.23. The van der Waals surface area contributed by atoms with Gasteiger partial charge in [-0.15, -0.1) is 0 Å². The summed E-state index contributed by atoms with van der Waals surface area (Å²) in [7, 11) is 1.79. The smallest absolute Gasteiger partial charge is 0.354 e. The van der Waals surface area contributed by atoms with Crippen LogP contribution in [0.25, 0.3) is 0 Å². The van der Waals surface area contributed by atoms with E-state index in [2.05, 4.69) is 11.1 Å². The fourth-order valence-corrected chi connectivity index (χ4v) is 1.23. The van der Waals surface area contributed by atoms with Crippen molar-refractivity contribution >= 4 is 11.8 Å². The van der Waals surface area contributed by atoms with Gasteiger partial charge in [0.25, 0.3) is 0 Å². The van der Waals surface area contributed by atoms with Crippen LogP contribution in [0.2, 0.25) is 0 Å². The Morgan fingerprint density at radius 1 is 1.69 bits per heavy atom. The summed E-state index contributed by atoms with van der Waals surface area (Å²) in [6.07, 6.45) is 0.371. The molecule has 5 heteroatoms. The molecule has 0 saturated carbocycles. The maximum absolute atomic E-state index is 10.7. The first-order valence-corrected chi connectivity index (χ1v) is 4.86. The van der Waals surface area contributed by atoms with Gasteiger partial charge in [0.05, 0.1) is 12.5 Å². The Labute approximate surface area is 93.9 Å². The zero-order chi connectivity index (χ0) is 12.1. The zero-order valence-corrected chi connectivity index (χ0v) is 9.21. The number of nitriles is 1. The van der Waals surface area contributed by atoms with Crippen LogP contribution in [0.4, 0.5) is 5.82 Å². The van der Waals surface area contributed by atoms with Crippen molar-refractivity contribution in [2.45, 2.75) is 19.4 Å². The fourth-order valence-electron chi connectivity index (χ4n) is 1.23. The molecule has 1 aromatic rings. The van der Waals surface area contributed by atoms with E-state index < -0.39 is 5.97 Å². The predicted octanol–water partition coefficient (Wildman–Crippen LogP) is 1.52. The van der Waals surface area contributed by atoms with Crippen LogP contribution in [-0.2, 0) is 0 Å². The molecule has 1 heterocycles. The summed E-state index contributed by atoms with van der Waals surface area (Å²) < 4.78 is 0. The average Bonchev–Trinajstić information content (AvgIpc) is 2.28. The highest BCUT2D eigenvalue weighted by molar-refractivity contribution is 5.85. The summed E-state index contributed by atoms with van der Waals surface area (Å²) in [5, 5.41) is 17.4. The van der Waals surface area contributed by atoms with E-state index in [-0.39, 0.29) is 11.7 Å². The van der Waals surface area contributed by atoms with Crippen LogP contribution < -0.4 is 4.90 Å². The van der Waals surface area contributed by atoms with Gasteiger partial charge in [0.2, 0.25) is 0 Å². The van der Waals surface area contributed by atoms with Gasteiger partial charge in [-0.2, -0.15) is 5.26 Å². The van der Waals surface area contributed by atoms with E-state index in [9.17, 15) is 4.79 Å². The Bertz CT molecular complexity index is 425. The lowest BCUT2D eigenvalue weighted by Crippen LogP contribution is -2.29. The average molecular weight is 219 g/mol. The van der Waals surface area contributed by atoms with Crippen molar-refractivity contribution in [1.29, 1.82) is 5.26 Å². The number of pyridine rings is 1. The second-order valence-corrected chi connectivity index (χ2v) is 3.51. The van der Waals surface area contributed by atoms with E-state index in [0.717, 1.165) is 0 Å². The van der Waals surface area contributed by atoms with Gasteiger partial charge in [-0.3, -0.25) is 0 Å². The molecule has 0 aromatic carbocycles. The Morgan fingerprint density at radius 3 is 2.94 bits per heavy atom. The first-order chi connectivity index (χ1) is 7.56. The number of aromatic nitrogens is 1. The summed E-state index contributed by atoms with van der Waals surface area (Å²) in [4.78, 5) is 16.5. The summed E-state index contributed by atoms with van der Waals surface area (Å²) >= 11 is 0. The molecule has 0 radical (unpaired) electrons. The van der Waals surface area contributed by atoms with Gasteiger partial charge >= 0.3 is 5.97 Å². The largest absolute Gasteiger partial charge is 0.477 e. The van der Waals surface area contributed by atoms with Gasteiger partial charge in [-0.05, 0) is 19.1 Å². The third kappa shape index (κ3) is 2.70. The summed E-state index contributed by atoms with van der Waals surface area (Å²) in [6, 6.07) is 6.87. The van der Waals surface area contributed by atoms with E-state index in [1.54, 1.807) is 24.1 Å². The van der Waals surface area contributed by atoms with Crippen molar-refractivity contribution in [3.05, 3.63) is 23.9 Å². The molecule has 5 nitrogen and oxygen atoms in total. The lowest BCUT2D eigenvalue weighted by atomic mass is 10.2. The van der Waals surface area contributed by atoms with Gasteiger partial charge in [0.1, 0.15) is 5.82 Å². The summed E-state index contributed by atoms with van der Waals surface area (Å²) in [5.74, 6) is -0.495. The third-order valence-corrected chi connectivity index (χ3v) is 2.36. The minimum Gasteiger partial charge on any atom is -0.477 e. The molecule has 0 aliphatic heterocycles. The van der Waals surface area contributed by atoms with Crippen LogP contribution in [0.3, 0.4) is 0 Å². The van der Waals surface area contributed by atoms with Crippen molar-refractivity contribution in [3.8, 4) is 6.07 Å². The molecule has 84 valence electrons. The van der Waals surface area contributed by atoms with Crippen molar-refractivity contribution in [3.63, 3.8) is 0 Å². The molecule has 0 bridgehead atoms. The number of hydrogen-bond donors (Lipinski definition) is 1. The molecular weight excluding hydrogens is 206 g/mol. The number of carbonyl (C=O) groups is 1. The number of carboxylic acids is 1. The molecule has 1 rings (SSSR count). The molecule has 0 spiro atoms. The van der Waals surface area contributed by atoms with Crippen molar-refractivity contribution in [1.82, 2.24) is 4.98 Å². The number of nitrogens with zero attached hydrogens (tertiary/aromatic N) is 3. The number of carboxylic acid groups (broad SMARTS) is 1. The van der Waals surface area contributed by atoms with Gasteiger partial charge in [-0.1, -0.05) is 6.07 Å². The normalized spacial score (nSPS) is 11.6. The van der Waals surface area contributed by atoms with Crippen LogP contribution in [0.5, 0.6) is 0 Å². The third-order valence-electron chi connectivity index (χ3n) is 2.36. The Balaban J connectivity index is 2.92. The lowest BCUT2D eigenvalue weighted by molar-refractivity contribution is 0.0690. The van der Waals surface area contributed by atoms with Crippen LogP contribution in [0.15, 0.2) is 18.2 Å². The van der Waals surface area contributed by atoms with Gasteiger partial charge < -0.3 is 10.0 Å². The molecule has 0 saturated heterocycles. The van der Waals surface area contributed by atoms with Crippen LogP contribution >= 0.6 is 0 Å². The second-order valence-electron chi connectivity index (χ2n) is 3.51. The predicted molar refractivity (Wildman–Crippen MR) is 59.3 cm³/mol. The molecule has 0 aliphatic rings. The standard InChI is InChI=1S/C11H13N3O2/c1-8(6-7-12)14(2)10-5-3-4-9(13-10)11(15)16/h3-5,8H,6H2,1-2H3,(H,15,16). The van der Waals surface area contributed by atoms with E-state index in [1.165, 1.54) is 6.07 Å². The molecule has 16 heavy (non-hydrogen) atoms. The first-order valence-electron chi connectivity index (χ1n) is 4.86. The highest BCUT2D eigenvalue weighted by atomic mass is 16.4. The monoisotopic (exact) mass is 219 g/mol. The molecule has 1 unspecified atom stereocenters. The number of rotatable bonds is 4.